The highest BCUT2D eigenvalue weighted by molar-refractivity contribution is 5.74. The van der Waals surface area contributed by atoms with Gasteiger partial charge in [0.1, 0.15) is 5.75 Å². The van der Waals surface area contributed by atoms with E-state index in [1.54, 1.807) is 25.1 Å². The Morgan fingerprint density at radius 1 is 1.11 bits per heavy atom. The van der Waals surface area contributed by atoms with Crippen LogP contribution in [0.5, 0.6) is 5.75 Å². The average molecular weight is 489 g/mol. The van der Waals surface area contributed by atoms with Crippen molar-refractivity contribution in [2.45, 2.75) is 26.1 Å². The van der Waals surface area contributed by atoms with Crippen molar-refractivity contribution in [1.29, 1.82) is 0 Å². The standard InChI is InChI=1S/C25H27F3N4O3/c1-17-29-16-23(35-17)21-9-8-20(14-22(21)34-2)31-10-3-11-32(13-12-31)24(33)30-15-18-4-6-19(7-5-18)25(26,27)28/h4-9,14,16H,3,10-13,15H2,1-2H3,(H,30,33). The fourth-order valence-electron chi connectivity index (χ4n) is 4.05. The van der Waals surface area contributed by atoms with Gasteiger partial charge in [0.05, 0.1) is 24.4 Å². The molecule has 0 radical (unpaired) electrons. The lowest BCUT2D eigenvalue weighted by Gasteiger charge is -2.24. The van der Waals surface area contributed by atoms with E-state index in [0.717, 1.165) is 36.3 Å². The normalized spacial score (nSPS) is 14.5. The number of alkyl halides is 3. The predicted octanol–water partition coefficient (Wildman–Crippen LogP) is 5.10. The summed E-state index contributed by atoms with van der Waals surface area (Å²) < 4.78 is 49.4. The summed E-state index contributed by atoms with van der Waals surface area (Å²) in [4.78, 5) is 20.7. The van der Waals surface area contributed by atoms with Crippen LogP contribution in [-0.2, 0) is 12.7 Å². The molecule has 10 heteroatoms. The number of benzene rings is 2. The van der Waals surface area contributed by atoms with Crippen LogP contribution in [0, 0.1) is 6.92 Å². The smallest absolute Gasteiger partial charge is 0.416 e. The number of aromatic nitrogens is 1. The Labute approximate surface area is 201 Å². The van der Waals surface area contributed by atoms with E-state index in [-0.39, 0.29) is 12.6 Å². The first-order chi connectivity index (χ1) is 16.7. The van der Waals surface area contributed by atoms with Gasteiger partial charge >= 0.3 is 12.2 Å². The van der Waals surface area contributed by atoms with E-state index in [1.807, 2.05) is 18.2 Å². The molecular formula is C25H27F3N4O3. The molecule has 3 aromatic rings. The first kappa shape index (κ1) is 24.4. The monoisotopic (exact) mass is 488 g/mol. The van der Waals surface area contributed by atoms with Crippen LogP contribution in [0.4, 0.5) is 23.7 Å². The highest BCUT2D eigenvalue weighted by atomic mass is 19.4. The molecule has 0 spiro atoms. The molecule has 186 valence electrons. The molecule has 0 atom stereocenters. The number of rotatable bonds is 5. The summed E-state index contributed by atoms with van der Waals surface area (Å²) in [6.45, 7) is 4.46. The molecular weight excluding hydrogens is 461 g/mol. The minimum Gasteiger partial charge on any atom is -0.496 e. The summed E-state index contributed by atoms with van der Waals surface area (Å²) in [5, 5.41) is 2.81. The first-order valence-electron chi connectivity index (χ1n) is 11.3. The van der Waals surface area contributed by atoms with Crippen LogP contribution in [0.25, 0.3) is 11.3 Å². The Morgan fingerprint density at radius 2 is 1.89 bits per heavy atom. The molecule has 0 bridgehead atoms. The lowest BCUT2D eigenvalue weighted by molar-refractivity contribution is -0.137. The number of oxazole rings is 1. The van der Waals surface area contributed by atoms with Crippen molar-refractivity contribution < 1.29 is 27.1 Å². The molecule has 7 nitrogen and oxygen atoms in total. The number of hydrogen-bond acceptors (Lipinski definition) is 5. The van der Waals surface area contributed by atoms with Crippen LogP contribution >= 0.6 is 0 Å². The van der Waals surface area contributed by atoms with Crippen molar-refractivity contribution in [3.05, 3.63) is 65.7 Å². The van der Waals surface area contributed by atoms with E-state index in [9.17, 15) is 18.0 Å². The van der Waals surface area contributed by atoms with Crippen LogP contribution in [0.15, 0.2) is 53.1 Å². The van der Waals surface area contributed by atoms with Crippen LogP contribution in [0.1, 0.15) is 23.4 Å². The third-order valence-electron chi connectivity index (χ3n) is 5.95. The molecule has 2 amide bonds. The van der Waals surface area contributed by atoms with Gasteiger partial charge in [-0.05, 0) is 36.2 Å². The number of nitrogens with one attached hydrogen (secondary N) is 1. The SMILES string of the molecule is COc1cc(N2CCCN(C(=O)NCc3ccc(C(F)(F)F)cc3)CC2)ccc1-c1cnc(C)o1. The van der Waals surface area contributed by atoms with Crippen molar-refractivity contribution >= 4 is 11.7 Å². The van der Waals surface area contributed by atoms with Gasteiger partial charge in [0.15, 0.2) is 11.7 Å². The number of nitrogens with zero attached hydrogens (tertiary/aromatic N) is 3. The van der Waals surface area contributed by atoms with E-state index in [0.29, 0.717) is 42.6 Å². The number of carbonyl (C=O) groups is 1. The zero-order valence-electron chi connectivity index (χ0n) is 19.6. The van der Waals surface area contributed by atoms with Gasteiger partial charge < -0.3 is 24.3 Å². The summed E-state index contributed by atoms with van der Waals surface area (Å²) in [5.41, 5.74) is 1.70. The Kier molecular flexibility index (Phi) is 7.18. The minimum absolute atomic E-state index is 0.164. The highest BCUT2D eigenvalue weighted by Crippen LogP contribution is 2.34. The number of methoxy groups -OCH3 is 1. The predicted molar refractivity (Wildman–Crippen MR) is 125 cm³/mol. The Hall–Kier alpha value is -3.69. The maximum Gasteiger partial charge on any atom is 0.416 e. The Balaban J connectivity index is 1.35. The summed E-state index contributed by atoms with van der Waals surface area (Å²) in [5.74, 6) is 1.89. The second-order valence-electron chi connectivity index (χ2n) is 8.31. The van der Waals surface area contributed by atoms with Crippen LogP contribution in [-0.4, -0.2) is 49.2 Å². The number of ether oxygens (including phenoxy) is 1. The van der Waals surface area contributed by atoms with Gasteiger partial charge in [-0.1, -0.05) is 12.1 Å². The number of amides is 2. The third-order valence-corrected chi connectivity index (χ3v) is 5.95. The first-order valence-corrected chi connectivity index (χ1v) is 11.3. The number of hydrogen-bond donors (Lipinski definition) is 1. The largest absolute Gasteiger partial charge is 0.496 e. The number of carbonyl (C=O) groups excluding carboxylic acids is 1. The zero-order chi connectivity index (χ0) is 25.0. The van der Waals surface area contributed by atoms with E-state index >= 15 is 0 Å². The van der Waals surface area contributed by atoms with Gasteiger partial charge in [-0.2, -0.15) is 13.2 Å². The molecule has 0 saturated carbocycles. The van der Waals surface area contributed by atoms with Crippen LogP contribution in [0.3, 0.4) is 0 Å². The van der Waals surface area contributed by atoms with Gasteiger partial charge in [-0.15, -0.1) is 0 Å². The molecule has 1 saturated heterocycles. The number of anilines is 1. The van der Waals surface area contributed by atoms with Gasteiger partial charge in [-0.25, -0.2) is 9.78 Å². The molecule has 2 aromatic carbocycles. The van der Waals surface area contributed by atoms with E-state index in [2.05, 4.69) is 15.2 Å². The second-order valence-corrected chi connectivity index (χ2v) is 8.31. The van der Waals surface area contributed by atoms with Gasteiger partial charge in [0, 0.05) is 51.4 Å². The van der Waals surface area contributed by atoms with Crippen molar-refractivity contribution in [2.75, 3.05) is 38.2 Å². The molecule has 1 aromatic heterocycles. The molecule has 0 unspecified atom stereocenters. The molecule has 35 heavy (non-hydrogen) atoms. The molecule has 0 aliphatic carbocycles. The fraction of sp³-hybridized carbons (Fsp3) is 0.360. The number of aryl methyl sites for hydroxylation is 1. The van der Waals surface area contributed by atoms with Crippen molar-refractivity contribution in [2.24, 2.45) is 0 Å². The van der Waals surface area contributed by atoms with Gasteiger partial charge in [0.2, 0.25) is 0 Å². The summed E-state index contributed by atoms with van der Waals surface area (Å²) in [6.07, 6.45) is -1.93. The van der Waals surface area contributed by atoms with Crippen molar-refractivity contribution in [3.8, 4) is 17.1 Å². The number of urea groups is 1. The summed E-state index contributed by atoms with van der Waals surface area (Å²) in [7, 11) is 1.61. The van der Waals surface area contributed by atoms with Crippen molar-refractivity contribution in [3.63, 3.8) is 0 Å². The maximum absolute atomic E-state index is 12.7. The Morgan fingerprint density at radius 3 is 2.54 bits per heavy atom. The van der Waals surface area contributed by atoms with Crippen LogP contribution < -0.4 is 15.0 Å². The Bertz CT molecular complexity index is 1160. The lowest BCUT2D eigenvalue weighted by atomic mass is 10.1. The molecule has 2 heterocycles. The summed E-state index contributed by atoms with van der Waals surface area (Å²) in [6, 6.07) is 10.5. The van der Waals surface area contributed by atoms with Crippen molar-refractivity contribution in [1.82, 2.24) is 15.2 Å². The van der Waals surface area contributed by atoms with E-state index < -0.39 is 11.7 Å². The molecule has 1 aliphatic rings. The topological polar surface area (TPSA) is 70.8 Å². The molecule has 1 fully saturated rings. The molecule has 1 aliphatic heterocycles. The lowest BCUT2D eigenvalue weighted by Crippen LogP contribution is -2.41. The summed E-state index contributed by atoms with van der Waals surface area (Å²) >= 11 is 0. The maximum atomic E-state index is 12.7. The fourth-order valence-corrected chi connectivity index (χ4v) is 4.05. The second kappa shape index (κ2) is 10.3. The van der Waals surface area contributed by atoms with E-state index in [1.165, 1.54) is 12.1 Å². The average Bonchev–Trinajstić information content (AvgIpc) is 3.12. The quantitative estimate of drug-likeness (QED) is 0.541. The minimum atomic E-state index is -4.38. The van der Waals surface area contributed by atoms with E-state index in [4.69, 9.17) is 9.15 Å². The molecule has 4 rings (SSSR count). The highest BCUT2D eigenvalue weighted by Gasteiger charge is 2.30. The third kappa shape index (κ3) is 5.87. The van der Waals surface area contributed by atoms with Gasteiger partial charge in [-0.3, -0.25) is 0 Å². The zero-order valence-corrected chi connectivity index (χ0v) is 19.6. The van der Waals surface area contributed by atoms with Crippen LogP contribution in [0.2, 0.25) is 0 Å². The molecule has 1 N–H and O–H groups in total. The number of halogens is 3. The van der Waals surface area contributed by atoms with Gasteiger partial charge in [0.25, 0.3) is 0 Å².